The van der Waals surface area contributed by atoms with Gasteiger partial charge in [-0.1, -0.05) is 0 Å². The van der Waals surface area contributed by atoms with Gasteiger partial charge in [-0.15, -0.1) is 10.2 Å². The predicted octanol–water partition coefficient (Wildman–Crippen LogP) is -0.701. The second kappa shape index (κ2) is 5.52. The van der Waals surface area contributed by atoms with Crippen LogP contribution in [0, 0.1) is 17.3 Å². The van der Waals surface area contributed by atoms with E-state index in [1.54, 1.807) is 0 Å². The molecule has 1 aromatic rings. The van der Waals surface area contributed by atoms with Crippen molar-refractivity contribution in [2.75, 3.05) is 26.2 Å². The van der Waals surface area contributed by atoms with Gasteiger partial charge in [0.15, 0.2) is 5.82 Å². The van der Waals surface area contributed by atoms with Crippen LogP contribution in [-0.2, 0) is 29.1 Å². The standard InChI is InChI=1S/C17H24N6O2/c24-15(11-3-4-11)22-8-12-6-18-9-17(12,10-22)16(25)19-7-14-21-20-13-2-1-5-23(13)14/h11-12,18H,1-10H2,(H,19,25)/t12-,17-/m1/s1. The summed E-state index contributed by atoms with van der Waals surface area (Å²) in [6, 6.07) is 0. The number of nitrogens with zero attached hydrogens (tertiary/aromatic N) is 4. The van der Waals surface area contributed by atoms with E-state index in [9.17, 15) is 9.59 Å². The first-order valence-electron chi connectivity index (χ1n) is 9.36. The smallest absolute Gasteiger partial charge is 0.230 e. The minimum atomic E-state index is -0.488. The highest BCUT2D eigenvalue weighted by molar-refractivity contribution is 5.87. The summed E-state index contributed by atoms with van der Waals surface area (Å²) in [6.45, 7) is 4.06. The molecule has 3 aliphatic heterocycles. The SMILES string of the molecule is O=C(C1CC1)N1C[C@H]2CNC[C@@]2(C(=O)NCc2nnc3n2CCC3)C1. The maximum absolute atomic E-state index is 13.1. The van der Waals surface area contributed by atoms with Gasteiger partial charge in [0.2, 0.25) is 11.8 Å². The maximum Gasteiger partial charge on any atom is 0.230 e. The molecule has 5 rings (SSSR count). The van der Waals surface area contributed by atoms with Crippen LogP contribution in [0.3, 0.4) is 0 Å². The molecule has 1 saturated carbocycles. The molecule has 0 unspecified atom stereocenters. The van der Waals surface area contributed by atoms with Crippen molar-refractivity contribution >= 4 is 11.8 Å². The Balaban J connectivity index is 1.29. The fourth-order valence-corrected chi connectivity index (χ4v) is 4.68. The average molecular weight is 344 g/mol. The Bertz CT molecular complexity index is 727. The molecule has 0 bridgehead atoms. The number of carbonyl (C=O) groups is 2. The molecule has 25 heavy (non-hydrogen) atoms. The molecule has 2 N–H and O–H groups in total. The van der Waals surface area contributed by atoms with Gasteiger partial charge in [0.05, 0.1) is 12.0 Å². The Hall–Kier alpha value is -1.96. The van der Waals surface area contributed by atoms with E-state index in [1.165, 1.54) is 0 Å². The summed E-state index contributed by atoms with van der Waals surface area (Å²) in [5.74, 6) is 2.57. The first-order valence-corrected chi connectivity index (χ1v) is 9.36. The molecule has 2 atom stereocenters. The van der Waals surface area contributed by atoms with Gasteiger partial charge >= 0.3 is 0 Å². The largest absolute Gasteiger partial charge is 0.348 e. The molecule has 1 aromatic heterocycles. The number of likely N-dealkylation sites (tertiary alicyclic amines) is 1. The van der Waals surface area contributed by atoms with Crippen molar-refractivity contribution in [1.82, 2.24) is 30.3 Å². The third-order valence-electron chi connectivity index (χ3n) is 6.31. The lowest BCUT2D eigenvalue weighted by Gasteiger charge is -2.26. The summed E-state index contributed by atoms with van der Waals surface area (Å²) in [4.78, 5) is 27.4. The number of aromatic nitrogens is 3. The van der Waals surface area contributed by atoms with Crippen molar-refractivity contribution in [2.45, 2.75) is 38.8 Å². The van der Waals surface area contributed by atoms with E-state index in [1.807, 2.05) is 4.90 Å². The minimum absolute atomic E-state index is 0.0453. The van der Waals surface area contributed by atoms with Crippen molar-refractivity contribution in [2.24, 2.45) is 17.3 Å². The van der Waals surface area contributed by atoms with Crippen LogP contribution >= 0.6 is 0 Å². The number of nitrogens with one attached hydrogen (secondary N) is 2. The minimum Gasteiger partial charge on any atom is -0.348 e. The van der Waals surface area contributed by atoms with Crippen LogP contribution in [0.5, 0.6) is 0 Å². The first kappa shape index (κ1) is 15.3. The maximum atomic E-state index is 13.1. The van der Waals surface area contributed by atoms with Crippen molar-refractivity contribution in [3.8, 4) is 0 Å². The Labute approximate surface area is 146 Å². The van der Waals surface area contributed by atoms with Crippen LogP contribution in [0.4, 0.5) is 0 Å². The molecule has 134 valence electrons. The molecular formula is C17H24N6O2. The summed E-state index contributed by atoms with van der Waals surface area (Å²) >= 11 is 0. The normalized spacial score (nSPS) is 30.4. The van der Waals surface area contributed by atoms with Crippen LogP contribution in [0.2, 0.25) is 0 Å². The molecule has 0 spiro atoms. The Kier molecular flexibility index (Phi) is 3.38. The van der Waals surface area contributed by atoms with Crippen LogP contribution in [-0.4, -0.2) is 57.7 Å². The first-order chi connectivity index (χ1) is 12.2. The van der Waals surface area contributed by atoms with Crippen molar-refractivity contribution < 1.29 is 9.59 Å². The highest BCUT2D eigenvalue weighted by Crippen LogP contribution is 2.42. The summed E-state index contributed by atoms with van der Waals surface area (Å²) in [5, 5.41) is 14.8. The van der Waals surface area contributed by atoms with Gasteiger partial charge in [-0.25, -0.2) is 0 Å². The lowest BCUT2D eigenvalue weighted by Crippen LogP contribution is -2.47. The fraction of sp³-hybridized carbons (Fsp3) is 0.765. The molecule has 4 heterocycles. The highest BCUT2D eigenvalue weighted by Gasteiger charge is 2.56. The number of amides is 2. The third kappa shape index (κ3) is 2.38. The Morgan fingerprint density at radius 3 is 3.04 bits per heavy atom. The number of aryl methyl sites for hydroxylation is 1. The number of carbonyl (C=O) groups excluding carboxylic acids is 2. The second-order valence-corrected chi connectivity index (χ2v) is 7.95. The molecule has 2 saturated heterocycles. The van der Waals surface area contributed by atoms with Gasteiger partial charge in [0.25, 0.3) is 0 Å². The molecule has 0 aromatic carbocycles. The predicted molar refractivity (Wildman–Crippen MR) is 88.3 cm³/mol. The number of hydrogen-bond donors (Lipinski definition) is 2. The van der Waals surface area contributed by atoms with Crippen molar-refractivity contribution in [1.29, 1.82) is 0 Å². The Morgan fingerprint density at radius 2 is 2.20 bits per heavy atom. The summed E-state index contributed by atoms with van der Waals surface area (Å²) in [5.41, 5.74) is -0.488. The molecule has 1 aliphatic carbocycles. The zero-order chi connectivity index (χ0) is 17.0. The number of hydrogen-bond acceptors (Lipinski definition) is 5. The zero-order valence-corrected chi connectivity index (χ0v) is 14.3. The monoisotopic (exact) mass is 344 g/mol. The van der Waals surface area contributed by atoms with Crippen LogP contribution < -0.4 is 10.6 Å². The van der Waals surface area contributed by atoms with Crippen LogP contribution in [0.15, 0.2) is 0 Å². The van der Waals surface area contributed by atoms with Crippen LogP contribution in [0.25, 0.3) is 0 Å². The van der Waals surface area contributed by atoms with Gasteiger partial charge in [-0.05, 0) is 19.3 Å². The van der Waals surface area contributed by atoms with Gasteiger partial charge in [0.1, 0.15) is 5.82 Å². The fourth-order valence-electron chi connectivity index (χ4n) is 4.68. The summed E-state index contributed by atoms with van der Waals surface area (Å²) < 4.78 is 2.11. The molecule has 2 amide bonds. The van der Waals surface area contributed by atoms with Gasteiger partial charge in [0, 0.05) is 51.0 Å². The van der Waals surface area contributed by atoms with E-state index in [0.717, 1.165) is 50.4 Å². The molecule has 0 radical (unpaired) electrons. The lowest BCUT2D eigenvalue weighted by atomic mass is 9.80. The van der Waals surface area contributed by atoms with Crippen molar-refractivity contribution in [3.63, 3.8) is 0 Å². The third-order valence-corrected chi connectivity index (χ3v) is 6.31. The van der Waals surface area contributed by atoms with E-state index in [4.69, 9.17) is 0 Å². The molecule has 3 fully saturated rings. The van der Waals surface area contributed by atoms with E-state index >= 15 is 0 Å². The van der Waals surface area contributed by atoms with E-state index in [2.05, 4.69) is 25.4 Å². The van der Waals surface area contributed by atoms with Gasteiger partial charge < -0.3 is 20.1 Å². The highest BCUT2D eigenvalue weighted by atomic mass is 16.2. The lowest BCUT2D eigenvalue weighted by molar-refractivity contribution is -0.134. The Morgan fingerprint density at radius 1 is 1.32 bits per heavy atom. The van der Waals surface area contributed by atoms with E-state index in [0.29, 0.717) is 26.2 Å². The van der Waals surface area contributed by atoms with Gasteiger partial charge in [-0.2, -0.15) is 0 Å². The summed E-state index contributed by atoms with van der Waals surface area (Å²) in [7, 11) is 0. The molecule has 4 aliphatic rings. The van der Waals surface area contributed by atoms with E-state index in [-0.39, 0.29) is 23.7 Å². The van der Waals surface area contributed by atoms with Crippen molar-refractivity contribution in [3.05, 3.63) is 11.6 Å². The quantitative estimate of drug-likeness (QED) is 0.753. The topological polar surface area (TPSA) is 92.2 Å². The van der Waals surface area contributed by atoms with Crippen LogP contribution in [0.1, 0.15) is 30.9 Å². The zero-order valence-electron chi connectivity index (χ0n) is 14.3. The summed E-state index contributed by atoms with van der Waals surface area (Å²) in [6.07, 6.45) is 4.08. The number of fused-ring (bicyclic) bond motifs is 2. The van der Waals surface area contributed by atoms with E-state index < -0.39 is 5.41 Å². The molecule has 8 heteroatoms. The average Bonchev–Trinajstić information content (AvgIpc) is 2.95. The molecular weight excluding hydrogens is 320 g/mol. The van der Waals surface area contributed by atoms with Gasteiger partial charge in [-0.3, -0.25) is 9.59 Å². The second-order valence-electron chi connectivity index (χ2n) is 7.95. The molecule has 8 nitrogen and oxygen atoms in total. The number of rotatable bonds is 4.